The summed E-state index contributed by atoms with van der Waals surface area (Å²) in [6, 6.07) is 14.2. The van der Waals surface area contributed by atoms with Crippen LogP contribution in [0.15, 0.2) is 48.5 Å². The van der Waals surface area contributed by atoms with Crippen LogP contribution in [0.4, 0.5) is 0 Å². The SMILES string of the molecule is O=S(=O)(Cc1cccc(-c2cccc(O[C@@H]3O[C@H](CO)[C@H](O)[C@H](O)[C@H]3O)c2)c1)C1CC1. The second kappa shape index (κ2) is 8.85. The lowest BCUT2D eigenvalue weighted by molar-refractivity contribution is -0.277. The lowest BCUT2D eigenvalue weighted by Gasteiger charge is -2.39. The average Bonchev–Trinajstić information content (AvgIpc) is 3.60. The molecule has 31 heavy (non-hydrogen) atoms. The summed E-state index contributed by atoms with van der Waals surface area (Å²) in [5, 5.41) is 39.1. The molecule has 1 saturated carbocycles. The van der Waals surface area contributed by atoms with Gasteiger partial charge in [0.15, 0.2) is 9.84 Å². The Labute approximate surface area is 180 Å². The Kier molecular flexibility index (Phi) is 6.34. The number of benzene rings is 2. The third kappa shape index (κ3) is 4.92. The molecule has 2 aliphatic rings. The number of aliphatic hydroxyl groups is 4. The Bertz CT molecular complexity index is 1020. The molecule has 5 atom stereocenters. The van der Waals surface area contributed by atoms with Gasteiger partial charge >= 0.3 is 0 Å². The number of ether oxygens (including phenoxy) is 2. The summed E-state index contributed by atoms with van der Waals surface area (Å²) < 4.78 is 35.7. The van der Waals surface area contributed by atoms with Crippen molar-refractivity contribution < 1.29 is 38.3 Å². The number of hydrogen-bond donors (Lipinski definition) is 4. The second-order valence-electron chi connectivity index (χ2n) is 8.05. The Morgan fingerprint density at radius 1 is 0.935 bits per heavy atom. The predicted molar refractivity (Wildman–Crippen MR) is 112 cm³/mol. The van der Waals surface area contributed by atoms with Crippen LogP contribution >= 0.6 is 0 Å². The van der Waals surface area contributed by atoms with E-state index in [2.05, 4.69) is 0 Å². The maximum absolute atomic E-state index is 12.3. The molecule has 0 unspecified atom stereocenters. The van der Waals surface area contributed by atoms with E-state index >= 15 is 0 Å². The first kappa shape index (κ1) is 22.2. The highest BCUT2D eigenvalue weighted by Gasteiger charge is 2.44. The van der Waals surface area contributed by atoms with Crippen LogP contribution in [0.25, 0.3) is 11.1 Å². The van der Waals surface area contributed by atoms with Crippen molar-refractivity contribution in [2.24, 2.45) is 0 Å². The van der Waals surface area contributed by atoms with Crippen LogP contribution in [0.5, 0.6) is 5.75 Å². The first-order valence-corrected chi connectivity index (χ1v) is 11.9. The lowest BCUT2D eigenvalue weighted by Crippen LogP contribution is -2.60. The Morgan fingerprint density at radius 2 is 1.61 bits per heavy atom. The molecule has 0 amide bonds. The van der Waals surface area contributed by atoms with E-state index in [1.807, 2.05) is 18.2 Å². The van der Waals surface area contributed by atoms with Gasteiger partial charge in [0.05, 0.1) is 17.6 Å². The largest absolute Gasteiger partial charge is 0.462 e. The molecule has 9 heteroatoms. The Hall–Kier alpha value is -2.01. The summed E-state index contributed by atoms with van der Waals surface area (Å²) >= 11 is 0. The quantitative estimate of drug-likeness (QED) is 0.482. The highest BCUT2D eigenvalue weighted by molar-refractivity contribution is 7.91. The van der Waals surface area contributed by atoms with Crippen LogP contribution in [-0.4, -0.2) is 71.4 Å². The predicted octanol–water partition coefficient (Wildman–Crippen LogP) is 0.609. The molecule has 2 fully saturated rings. The summed E-state index contributed by atoms with van der Waals surface area (Å²) in [4.78, 5) is 0. The van der Waals surface area contributed by atoms with E-state index in [4.69, 9.17) is 9.47 Å². The molecule has 1 saturated heterocycles. The fraction of sp³-hybridized carbons (Fsp3) is 0.455. The van der Waals surface area contributed by atoms with E-state index in [9.17, 15) is 28.8 Å². The molecule has 1 heterocycles. The number of rotatable bonds is 7. The average molecular weight is 451 g/mol. The van der Waals surface area contributed by atoms with Gasteiger partial charge < -0.3 is 29.9 Å². The zero-order valence-electron chi connectivity index (χ0n) is 16.7. The van der Waals surface area contributed by atoms with Crippen molar-refractivity contribution in [3.05, 3.63) is 54.1 Å². The van der Waals surface area contributed by atoms with Crippen LogP contribution in [-0.2, 0) is 20.3 Å². The van der Waals surface area contributed by atoms with E-state index in [1.54, 1.807) is 30.3 Å². The summed E-state index contributed by atoms with van der Waals surface area (Å²) in [5.41, 5.74) is 2.29. The van der Waals surface area contributed by atoms with Gasteiger partial charge in [0.2, 0.25) is 6.29 Å². The summed E-state index contributed by atoms with van der Waals surface area (Å²) in [6.07, 6.45) is -5.35. The van der Waals surface area contributed by atoms with Gasteiger partial charge in [-0.3, -0.25) is 0 Å². The van der Waals surface area contributed by atoms with Crippen molar-refractivity contribution >= 4 is 9.84 Å². The van der Waals surface area contributed by atoms with Crippen LogP contribution in [0.3, 0.4) is 0 Å². The van der Waals surface area contributed by atoms with E-state index in [0.29, 0.717) is 11.3 Å². The molecule has 1 aliphatic heterocycles. The fourth-order valence-electron chi connectivity index (χ4n) is 3.67. The normalized spacial score (nSPS) is 29.0. The molecule has 2 aromatic rings. The van der Waals surface area contributed by atoms with Crippen molar-refractivity contribution in [3.63, 3.8) is 0 Å². The third-order valence-corrected chi connectivity index (χ3v) is 7.82. The van der Waals surface area contributed by atoms with Gasteiger partial charge in [-0.1, -0.05) is 36.4 Å². The molecule has 8 nitrogen and oxygen atoms in total. The smallest absolute Gasteiger partial charge is 0.229 e. The van der Waals surface area contributed by atoms with Gasteiger partial charge in [-0.05, 0) is 41.7 Å². The van der Waals surface area contributed by atoms with Gasteiger partial charge in [0.1, 0.15) is 30.2 Å². The van der Waals surface area contributed by atoms with Crippen molar-refractivity contribution in [1.82, 2.24) is 0 Å². The van der Waals surface area contributed by atoms with E-state index in [0.717, 1.165) is 24.0 Å². The number of hydrogen-bond acceptors (Lipinski definition) is 8. The van der Waals surface area contributed by atoms with Crippen molar-refractivity contribution in [2.75, 3.05) is 6.61 Å². The molecule has 0 bridgehead atoms. The standard InChI is InChI=1S/C22H26O8S/c23-11-18-19(24)20(25)21(26)22(30-18)29-16-6-2-5-15(10-16)14-4-1-3-13(9-14)12-31(27,28)17-7-8-17/h1-6,9-10,17-26H,7-8,11-12H2/t18-,19+,20+,21-,22-/m1/s1. The van der Waals surface area contributed by atoms with E-state index in [-0.39, 0.29) is 11.0 Å². The fourth-order valence-corrected chi connectivity index (χ4v) is 5.40. The molecular weight excluding hydrogens is 424 g/mol. The monoisotopic (exact) mass is 450 g/mol. The number of aliphatic hydroxyl groups excluding tert-OH is 4. The summed E-state index contributed by atoms with van der Waals surface area (Å²) in [5.74, 6) is 0.352. The van der Waals surface area contributed by atoms with Crippen LogP contribution < -0.4 is 4.74 Å². The van der Waals surface area contributed by atoms with Gasteiger partial charge in [-0.2, -0.15) is 0 Å². The Morgan fingerprint density at radius 3 is 2.29 bits per heavy atom. The minimum atomic E-state index is -3.12. The Balaban J connectivity index is 1.52. The molecule has 2 aromatic carbocycles. The van der Waals surface area contributed by atoms with Crippen LogP contribution in [0.1, 0.15) is 18.4 Å². The van der Waals surface area contributed by atoms with E-state index in [1.165, 1.54) is 0 Å². The van der Waals surface area contributed by atoms with Gasteiger partial charge in [-0.15, -0.1) is 0 Å². The highest BCUT2D eigenvalue weighted by atomic mass is 32.2. The van der Waals surface area contributed by atoms with Crippen molar-refractivity contribution in [3.8, 4) is 16.9 Å². The highest BCUT2D eigenvalue weighted by Crippen LogP contribution is 2.32. The topological polar surface area (TPSA) is 134 Å². The maximum Gasteiger partial charge on any atom is 0.229 e. The van der Waals surface area contributed by atoms with Crippen molar-refractivity contribution in [2.45, 2.75) is 54.6 Å². The number of sulfone groups is 1. The van der Waals surface area contributed by atoms with Gasteiger partial charge in [0, 0.05) is 0 Å². The zero-order valence-corrected chi connectivity index (χ0v) is 17.6. The molecule has 0 spiro atoms. The van der Waals surface area contributed by atoms with Gasteiger partial charge in [-0.25, -0.2) is 8.42 Å². The molecule has 1 aliphatic carbocycles. The van der Waals surface area contributed by atoms with Crippen molar-refractivity contribution in [1.29, 1.82) is 0 Å². The lowest BCUT2D eigenvalue weighted by atomic mass is 9.99. The third-order valence-electron chi connectivity index (χ3n) is 5.60. The van der Waals surface area contributed by atoms with Crippen LogP contribution in [0.2, 0.25) is 0 Å². The van der Waals surface area contributed by atoms with E-state index < -0.39 is 47.2 Å². The molecular formula is C22H26O8S. The summed E-state index contributed by atoms with van der Waals surface area (Å²) in [7, 11) is -3.12. The van der Waals surface area contributed by atoms with Crippen LogP contribution in [0, 0.1) is 0 Å². The molecule has 168 valence electrons. The minimum Gasteiger partial charge on any atom is -0.462 e. The second-order valence-corrected chi connectivity index (χ2v) is 10.3. The minimum absolute atomic E-state index is 0.00651. The first-order valence-electron chi connectivity index (χ1n) is 10.2. The molecule has 0 aromatic heterocycles. The molecule has 0 radical (unpaired) electrons. The maximum atomic E-state index is 12.3. The zero-order chi connectivity index (χ0) is 22.2. The molecule has 4 rings (SSSR count). The first-order chi connectivity index (χ1) is 14.8. The molecule has 4 N–H and O–H groups in total. The summed E-state index contributed by atoms with van der Waals surface area (Å²) in [6.45, 7) is -0.540. The van der Waals surface area contributed by atoms with Gasteiger partial charge in [0.25, 0.3) is 0 Å².